The van der Waals surface area contributed by atoms with Crippen LogP contribution in [0.15, 0.2) is 24.3 Å². The Kier molecular flexibility index (Phi) is 5.91. The number of amides is 2. The lowest BCUT2D eigenvalue weighted by Gasteiger charge is -2.23. The minimum Gasteiger partial charge on any atom is -0.497 e. The molecule has 1 aromatic rings. The monoisotopic (exact) mass is 377 g/mol. The number of Topliss-reactive ketones (excluding diaryl/α,β-unsaturated/α-hetero) is 1. The second-order valence-corrected chi connectivity index (χ2v) is 9.04. The second-order valence-electron chi connectivity index (χ2n) is 7.21. The summed E-state index contributed by atoms with van der Waals surface area (Å²) in [4.78, 5) is 51.3. The first-order valence-corrected chi connectivity index (χ1v) is 9.08. The number of nitrogens with zero attached hydrogens (tertiary/aromatic N) is 1. The van der Waals surface area contributed by atoms with E-state index in [2.05, 4.69) is 0 Å². The standard InChI is InChI=1S/C19H23NO5S/c1-19(2,3)26-18(24)15(13-10-14(21)20(4)17(13)23)16(22)11-6-8-12(25-5)9-7-11/h6-9,13,15H,10H2,1-5H3/t13-,15?/m1/s1. The Morgan fingerprint density at radius 2 is 1.77 bits per heavy atom. The number of hydrogen-bond acceptors (Lipinski definition) is 6. The van der Waals surface area contributed by atoms with E-state index in [-0.39, 0.29) is 17.4 Å². The molecule has 2 amide bonds. The fraction of sp³-hybridized carbons (Fsp3) is 0.474. The van der Waals surface area contributed by atoms with E-state index in [4.69, 9.17) is 4.74 Å². The highest BCUT2D eigenvalue weighted by molar-refractivity contribution is 8.14. The third-order valence-electron chi connectivity index (χ3n) is 4.14. The SMILES string of the molecule is COc1ccc(C(=O)C(C(=O)SC(C)(C)C)[C@H]2CC(=O)N(C)C2=O)cc1. The second kappa shape index (κ2) is 7.61. The van der Waals surface area contributed by atoms with Crippen LogP contribution < -0.4 is 4.74 Å². The molecule has 0 aromatic heterocycles. The molecule has 1 fully saturated rings. The third kappa shape index (κ3) is 4.33. The maximum atomic E-state index is 13.1. The first-order chi connectivity index (χ1) is 12.0. The molecule has 6 nitrogen and oxygen atoms in total. The number of carbonyl (C=O) groups is 4. The summed E-state index contributed by atoms with van der Waals surface area (Å²) in [6, 6.07) is 6.38. The third-order valence-corrected chi connectivity index (χ3v) is 5.20. The molecule has 7 heteroatoms. The number of ketones is 1. The van der Waals surface area contributed by atoms with Crippen LogP contribution in [-0.2, 0) is 14.4 Å². The Morgan fingerprint density at radius 1 is 1.19 bits per heavy atom. The van der Waals surface area contributed by atoms with Gasteiger partial charge in [-0.15, -0.1) is 0 Å². The molecule has 0 bridgehead atoms. The molecule has 1 aliphatic rings. The van der Waals surface area contributed by atoms with E-state index in [9.17, 15) is 19.2 Å². The van der Waals surface area contributed by atoms with Crippen LogP contribution in [0.25, 0.3) is 0 Å². The molecule has 0 radical (unpaired) electrons. The van der Waals surface area contributed by atoms with Gasteiger partial charge >= 0.3 is 0 Å². The zero-order valence-electron chi connectivity index (χ0n) is 15.6. The predicted molar refractivity (Wildman–Crippen MR) is 99.0 cm³/mol. The summed E-state index contributed by atoms with van der Waals surface area (Å²) in [7, 11) is 2.89. The average molecular weight is 377 g/mol. The fourth-order valence-electron chi connectivity index (χ4n) is 2.80. The summed E-state index contributed by atoms with van der Waals surface area (Å²) < 4.78 is 4.67. The quantitative estimate of drug-likeness (QED) is 0.446. The van der Waals surface area contributed by atoms with Crippen molar-refractivity contribution in [1.29, 1.82) is 0 Å². The van der Waals surface area contributed by atoms with Gasteiger partial charge in [-0.25, -0.2) is 0 Å². The Morgan fingerprint density at radius 3 is 2.19 bits per heavy atom. The molecule has 0 spiro atoms. The number of thioether (sulfide) groups is 1. The number of likely N-dealkylation sites (tertiary alicyclic amines) is 1. The fourth-order valence-corrected chi connectivity index (χ4v) is 3.80. The normalized spacial score (nSPS) is 18.8. The molecule has 2 atom stereocenters. The number of carbonyl (C=O) groups excluding carboxylic acids is 4. The van der Waals surface area contributed by atoms with Gasteiger partial charge in [0.1, 0.15) is 11.7 Å². The Bertz CT molecular complexity index is 735. The average Bonchev–Trinajstić information content (AvgIpc) is 2.81. The van der Waals surface area contributed by atoms with Gasteiger partial charge in [0.25, 0.3) is 0 Å². The Labute approximate surface area is 157 Å². The lowest BCUT2D eigenvalue weighted by atomic mass is 9.85. The molecular formula is C19H23NO5S. The van der Waals surface area contributed by atoms with Crippen LogP contribution in [-0.4, -0.2) is 46.5 Å². The van der Waals surface area contributed by atoms with Crippen LogP contribution in [0.4, 0.5) is 0 Å². The van der Waals surface area contributed by atoms with Crippen molar-refractivity contribution in [2.75, 3.05) is 14.2 Å². The Hall–Kier alpha value is -2.15. The minimum absolute atomic E-state index is 0.127. The van der Waals surface area contributed by atoms with Crippen molar-refractivity contribution in [3.63, 3.8) is 0 Å². The summed E-state index contributed by atoms with van der Waals surface area (Å²) in [5.41, 5.74) is 0.313. The van der Waals surface area contributed by atoms with Gasteiger partial charge in [-0.2, -0.15) is 0 Å². The lowest BCUT2D eigenvalue weighted by molar-refractivity contribution is -0.138. The molecule has 1 heterocycles. The van der Waals surface area contributed by atoms with Gasteiger partial charge in [0, 0.05) is 23.8 Å². The van der Waals surface area contributed by atoms with Crippen LogP contribution >= 0.6 is 11.8 Å². The van der Waals surface area contributed by atoms with Crippen molar-refractivity contribution in [3.05, 3.63) is 29.8 Å². The summed E-state index contributed by atoms with van der Waals surface area (Å²) in [6.45, 7) is 5.58. The van der Waals surface area contributed by atoms with Gasteiger partial charge in [0.05, 0.1) is 13.0 Å². The molecular weight excluding hydrogens is 354 g/mol. The molecule has 1 aliphatic heterocycles. The van der Waals surface area contributed by atoms with E-state index >= 15 is 0 Å². The number of ether oxygens (including phenoxy) is 1. The topological polar surface area (TPSA) is 80.8 Å². The maximum absolute atomic E-state index is 13.1. The molecule has 1 unspecified atom stereocenters. The van der Waals surface area contributed by atoms with Gasteiger partial charge in [-0.1, -0.05) is 32.5 Å². The Balaban J connectivity index is 2.39. The molecule has 140 valence electrons. The van der Waals surface area contributed by atoms with Crippen molar-refractivity contribution in [2.45, 2.75) is 31.9 Å². The zero-order chi connectivity index (χ0) is 19.6. The zero-order valence-corrected chi connectivity index (χ0v) is 16.4. The maximum Gasteiger partial charge on any atom is 0.233 e. The van der Waals surface area contributed by atoms with Crippen LogP contribution in [0.1, 0.15) is 37.6 Å². The van der Waals surface area contributed by atoms with Crippen LogP contribution in [0.3, 0.4) is 0 Å². The number of benzene rings is 1. The van der Waals surface area contributed by atoms with Crippen molar-refractivity contribution >= 4 is 34.5 Å². The van der Waals surface area contributed by atoms with E-state index in [0.717, 1.165) is 16.7 Å². The molecule has 26 heavy (non-hydrogen) atoms. The summed E-state index contributed by atoms with van der Waals surface area (Å²) in [5, 5.41) is -0.389. The number of rotatable bonds is 5. The molecule has 0 aliphatic carbocycles. The van der Waals surface area contributed by atoms with Crippen LogP contribution in [0, 0.1) is 11.8 Å². The van der Waals surface area contributed by atoms with Gasteiger partial charge in [0.15, 0.2) is 5.78 Å². The van der Waals surface area contributed by atoms with Gasteiger partial charge in [-0.3, -0.25) is 24.1 Å². The lowest BCUT2D eigenvalue weighted by Crippen LogP contribution is -2.36. The molecule has 0 N–H and O–H groups in total. The van der Waals surface area contributed by atoms with E-state index in [0.29, 0.717) is 11.3 Å². The van der Waals surface area contributed by atoms with E-state index in [1.807, 2.05) is 20.8 Å². The molecule has 0 saturated carbocycles. The minimum atomic E-state index is -1.19. The molecule has 2 rings (SSSR count). The van der Waals surface area contributed by atoms with E-state index in [1.54, 1.807) is 24.3 Å². The van der Waals surface area contributed by atoms with E-state index < -0.39 is 28.3 Å². The predicted octanol–water partition coefficient (Wildman–Crippen LogP) is 2.56. The number of imide groups is 1. The van der Waals surface area contributed by atoms with Crippen molar-refractivity contribution in [3.8, 4) is 5.75 Å². The largest absolute Gasteiger partial charge is 0.497 e. The van der Waals surface area contributed by atoms with Crippen molar-refractivity contribution < 1.29 is 23.9 Å². The number of methoxy groups -OCH3 is 1. The van der Waals surface area contributed by atoms with Crippen LogP contribution in [0.5, 0.6) is 5.75 Å². The van der Waals surface area contributed by atoms with Crippen molar-refractivity contribution in [2.24, 2.45) is 11.8 Å². The van der Waals surface area contributed by atoms with Crippen LogP contribution in [0.2, 0.25) is 0 Å². The van der Waals surface area contributed by atoms with E-state index in [1.165, 1.54) is 14.2 Å². The van der Waals surface area contributed by atoms with Crippen molar-refractivity contribution in [1.82, 2.24) is 4.90 Å². The first kappa shape index (κ1) is 20.2. The smallest absolute Gasteiger partial charge is 0.233 e. The first-order valence-electron chi connectivity index (χ1n) is 8.26. The number of hydrogen-bond donors (Lipinski definition) is 0. The molecule has 1 aromatic carbocycles. The van der Waals surface area contributed by atoms with Gasteiger partial charge in [-0.05, 0) is 24.3 Å². The molecule has 1 saturated heterocycles. The summed E-state index contributed by atoms with van der Waals surface area (Å²) in [6.07, 6.45) is -0.127. The van der Waals surface area contributed by atoms with Gasteiger partial charge < -0.3 is 4.74 Å². The summed E-state index contributed by atoms with van der Waals surface area (Å²) in [5.74, 6) is -2.86. The highest BCUT2D eigenvalue weighted by Gasteiger charge is 2.47. The van der Waals surface area contributed by atoms with Gasteiger partial charge in [0.2, 0.25) is 16.9 Å². The summed E-state index contributed by atoms with van der Waals surface area (Å²) >= 11 is 1.02. The highest BCUT2D eigenvalue weighted by atomic mass is 32.2. The highest BCUT2D eigenvalue weighted by Crippen LogP contribution is 2.36.